The summed E-state index contributed by atoms with van der Waals surface area (Å²) >= 11 is 0. The highest BCUT2D eigenvalue weighted by Crippen LogP contribution is 2.38. The number of carbonyl (C=O) groups excluding carboxylic acids is 1. The molecule has 0 bridgehead atoms. The average molecular weight is 371 g/mol. The zero-order valence-electron chi connectivity index (χ0n) is 14.6. The number of carbonyl (C=O) groups is 1. The molecule has 0 aliphatic carbocycles. The zero-order valence-corrected chi connectivity index (χ0v) is 15.5. The Labute approximate surface area is 152 Å². The van der Waals surface area contributed by atoms with Crippen molar-refractivity contribution in [1.29, 1.82) is 0 Å². The molecule has 0 spiro atoms. The first-order valence-electron chi connectivity index (χ1n) is 8.13. The topological polar surface area (TPSA) is 83.6 Å². The lowest BCUT2D eigenvalue weighted by molar-refractivity contribution is -0.117. The van der Waals surface area contributed by atoms with Crippen molar-refractivity contribution in [1.82, 2.24) is 4.57 Å². The minimum atomic E-state index is -2.28. The average Bonchev–Trinajstić information content (AvgIpc) is 2.88. The summed E-state index contributed by atoms with van der Waals surface area (Å²) in [6, 6.07) is 15.5. The molecule has 0 aliphatic rings. The van der Waals surface area contributed by atoms with Crippen LogP contribution in [0.3, 0.4) is 0 Å². The lowest BCUT2D eigenvalue weighted by atomic mass is 10.1. The largest absolute Gasteiger partial charge is 0.749 e. The number of rotatable bonds is 7. The number of hydrogen-bond acceptors (Lipinski definition) is 4. The Bertz CT molecular complexity index is 967. The van der Waals surface area contributed by atoms with Crippen LogP contribution in [0.25, 0.3) is 10.9 Å². The molecule has 1 aromatic heterocycles. The molecule has 0 radical (unpaired) electrons. The Morgan fingerprint density at radius 3 is 2.54 bits per heavy atom. The first-order valence-corrected chi connectivity index (χ1v) is 9.23. The summed E-state index contributed by atoms with van der Waals surface area (Å²) in [6.07, 6.45) is 0.0776. The molecule has 0 saturated carbocycles. The summed E-state index contributed by atoms with van der Waals surface area (Å²) in [6.45, 7) is 2.59. The molecule has 1 unspecified atom stereocenters. The van der Waals surface area contributed by atoms with E-state index in [-0.39, 0.29) is 6.42 Å². The van der Waals surface area contributed by atoms with Crippen molar-refractivity contribution >= 4 is 25.1 Å². The summed E-state index contributed by atoms with van der Waals surface area (Å²) in [7, 11) is -0.970. The van der Waals surface area contributed by atoms with Crippen molar-refractivity contribution in [3.63, 3.8) is 0 Å². The fourth-order valence-corrected chi connectivity index (χ4v) is 3.51. The number of amides is 1. The highest BCUT2D eigenvalue weighted by Gasteiger charge is 2.25. The predicted octanol–water partition coefficient (Wildman–Crippen LogP) is 3.71. The van der Waals surface area contributed by atoms with Crippen molar-refractivity contribution in [3.05, 3.63) is 65.4 Å². The molecule has 3 rings (SSSR count). The van der Waals surface area contributed by atoms with Crippen molar-refractivity contribution in [2.75, 3.05) is 7.11 Å². The molecule has 7 heteroatoms. The predicted molar refractivity (Wildman–Crippen MR) is 100 cm³/mol. The van der Waals surface area contributed by atoms with Crippen LogP contribution >= 0.6 is 8.25 Å². The minimum Gasteiger partial charge on any atom is -0.369 e. The molecular weight excluding hydrogens is 351 g/mol. The SMILES string of the molecule is CO[P+](=O)Oc1cccc2c1c(CC(N)=O)c(C)n2Cc1ccccc1. The van der Waals surface area contributed by atoms with Gasteiger partial charge in [0.1, 0.15) is 0 Å². The van der Waals surface area contributed by atoms with E-state index in [0.29, 0.717) is 12.3 Å². The van der Waals surface area contributed by atoms with Crippen LogP contribution in [0.1, 0.15) is 16.8 Å². The maximum Gasteiger partial charge on any atom is 0.749 e. The molecule has 2 aromatic carbocycles. The van der Waals surface area contributed by atoms with Crippen LogP contribution in [-0.4, -0.2) is 17.6 Å². The van der Waals surface area contributed by atoms with Crippen LogP contribution in [-0.2, 0) is 26.8 Å². The van der Waals surface area contributed by atoms with Crippen LogP contribution < -0.4 is 10.3 Å². The van der Waals surface area contributed by atoms with Crippen LogP contribution in [0.15, 0.2) is 48.5 Å². The van der Waals surface area contributed by atoms with Gasteiger partial charge in [-0.2, -0.15) is 0 Å². The number of fused-ring (bicyclic) bond motifs is 1. The number of aromatic nitrogens is 1. The second kappa shape index (κ2) is 7.68. The molecule has 26 heavy (non-hydrogen) atoms. The second-order valence-corrected chi connectivity index (χ2v) is 6.92. The quantitative estimate of drug-likeness (QED) is 0.642. The van der Waals surface area contributed by atoms with Gasteiger partial charge >= 0.3 is 8.25 Å². The Morgan fingerprint density at radius 2 is 1.88 bits per heavy atom. The number of primary amides is 1. The smallest absolute Gasteiger partial charge is 0.369 e. The van der Waals surface area contributed by atoms with Crippen molar-refractivity contribution in [2.45, 2.75) is 19.9 Å². The van der Waals surface area contributed by atoms with Crippen LogP contribution in [0, 0.1) is 6.92 Å². The van der Waals surface area contributed by atoms with Gasteiger partial charge in [-0.3, -0.25) is 4.79 Å². The van der Waals surface area contributed by atoms with Crippen molar-refractivity contribution < 1.29 is 18.4 Å². The molecule has 0 fully saturated rings. The number of nitrogens with zero attached hydrogens (tertiary/aromatic N) is 1. The third-order valence-corrected chi connectivity index (χ3v) is 4.94. The molecule has 0 aliphatic heterocycles. The van der Waals surface area contributed by atoms with Gasteiger partial charge < -0.3 is 10.3 Å². The fraction of sp³-hybridized carbons (Fsp3) is 0.211. The third-order valence-electron chi connectivity index (χ3n) is 4.29. The Morgan fingerprint density at radius 1 is 1.15 bits per heavy atom. The van der Waals surface area contributed by atoms with Crippen molar-refractivity contribution in [2.24, 2.45) is 5.73 Å². The Hall–Kier alpha value is -2.69. The summed E-state index contributed by atoms with van der Waals surface area (Å²) in [5.74, 6) is -0.0191. The molecule has 2 N–H and O–H groups in total. The maximum absolute atomic E-state index is 11.7. The van der Waals surface area contributed by atoms with Gasteiger partial charge in [-0.05, 0) is 30.2 Å². The molecule has 1 atom stereocenters. The van der Waals surface area contributed by atoms with Crippen molar-refractivity contribution in [3.8, 4) is 5.75 Å². The van der Waals surface area contributed by atoms with Gasteiger partial charge in [0.2, 0.25) is 5.91 Å². The first kappa shape index (κ1) is 18.1. The maximum atomic E-state index is 11.7. The zero-order chi connectivity index (χ0) is 18.7. The van der Waals surface area contributed by atoms with E-state index >= 15 is 0 Å². The van der Waals surface area contributed by atoms with Crippen LogP contribution in [0.5, 0.6) is 5.75 Å². The lowest BCUT2D eigenvalue weighted by Gasteiger charge is -2.09. The third kappa shape index (κ3) is 3.62. The van der Waals surface area contributed by atoms with E-state index in [1.807, 2.05) is 49.4 Å². The molecule has 3 aromatic rings. The van der Waals surface area contributed by atoms with E-state index in [2.05, 4.69) is 4.57 Å². The molecule has 134 valence electrons. The molecular formula is C19H20N2O4P+. The number of benzene rings is 2. The van der Waals surface area contributed by atoms with E-state index in [4.69, 9.17) is 14.8 Å². The Balaban J connectivity index is 2.19. The minimum absolute atomic E-state index is 0.0776. The van der Waals surface area contributed by atoms with Crippen LogP contribution in [0.2, 0.25) is 0 Å². The Kier molecular flexibility index (Phi) is 5.35. The van der Waals surface area contributed by atoms with E-state index in [1.165, 1.54) is 7.11 Å². The van der Waals surface area contributed by atoms with Crippen LogP contribution in [0.4, 0.5) is 0 Å². The normalized spacial score (nSPS) is 11.5. The monoisotopic (exact) mass is 371 g/mol. The molecule has 0 saturated heterocycles. The van der Waals surface area contributed by atoms with E-state index in [0.717, 1.165) is 27.7 Å². The van der Waals surface area contributed by atoms with Gasteiger partial charge in [0.15, 0.2) is 5.75 Å². The van der Waals surface area contributed by atoms with E-state index in [1.54, 1.807) is 6.07 Å². The van der Waals surface area contributed by atoms with Gasteiger partial charge in [0.25, 0.3) is 0 Å². The van der Waals surface area contributed by atoms with Gasteiger partial charge in [-0.15, -0.1) is 4.52 Å². The summed E-state index contributed by atoms with van der Waals surface area (Å²) in [5.41, 5.74) is 9.17. The highest BCUT2D eigenvalue weighted by molar-refractivity contribution is 7.33. The van der Waals surface area contributed by atoms with E-state index < -0.39 is 14.2 Å². The second-order valence-electron chi connectivity index (χ2n) is 5.93. The molecule has 1 heterocycles. The lowest BCUT2D eigenvalue weighted by Crippen LogP contribution is -2.14. The van der Waals surface area contributed by atoms with E-state index in [9.17, 15) is 9.36 Å². The van der Waals surface area contributed by atoms with Gasteiger partial charge in [-0.25, -0.2) is 4.52 Å². The van der Waals surface area contributed by atoms with Gasteiger partial charge in [-0.1, -0.05) is 36.4 Å². The summed E-state index contributed by atoms with van der Waals surface area (Å²) in [5, 5.41) is 0.736. The fourth-order valence-electron chi connectivity index (χ4n) is 3.13. The number of nitrogens with two attached hydrogens (primary N) is 1. The molecule has 1 amide bonds. The number of hydrogen-bond donors (Lipinski definition) is 1. The van der Waals surface area contributed by atoms with Gasteiger partial charge in [0.05, 0.1) is 24.4 Å². The standard InChI is InChI=1S/C19H19N2O4P/c1-13-15(11-18(20)22)19-16(9-6-10-17(19)25-26(23)24-2)21(13)12-14-7-4-3-5-8-14/h3-10H,11-12H2,1-2H3,(H-,20,22)/p+1. The van der Waals surface area contributed by atoms with Gasteiger partial charge in [0, 0.05) is 16.8 Å². The molecule has 6 nitrogen and oxygen atoms in total. The highest BCUT2D eigenvalue weighted by atomic mass is 31.1. The summed E-state index contributed by atoms with van der Waals surface area (Å²) in [4.78, 5) is 11.6. The summed E-state index contributed by atoms with van der Waals surface area (Å²) < 4.78 is 24.0. The first-order chi connectivity index (χ1) is 12.5.